The summed E-state index contributed by atoms with van der Waals surface area (Å²) in [4.78, 5) is 17.1. The van der Waals surface area contributed by atoms with E-state index in [-0.39, 0.29) is 24.7 Å². The molecule has 0 spiro atoms. The third kappa shape index (κ3) is 4.47. The molecule has 0 atom stereocenters. The number of fused-ring (bicyclic) bond motifs is 2. The summed E-state index contributed by atoms with van der Waals surface area (Å²) < 4.78 is 38.3. The fourth-order valence-corrected chi connectivity index (χ4v) is 5.55. The minimum atomic E-state index is -3.41. The maximum atomic E-state index is 12.4. The van der Waals surface area contributed by atoms with Crippen LogP contribution in [0.1, 0.15) is 12.0 Å². The van der Waals surface area contributed by atoms with Gasteiger partial charge in [-0.2, -0.15) is 4.99 Å². The number of ether oxygens (including phenoxy) is 2. The van der Waals surface area contributed by atoms with Crippen molar-refractivity contribution in [2.24, 2.45) is 4.99 Å². The fourth-order valence-electron chi connectivity index (χ4n) is 3.16. The van der Waals surface area contributed by atoms with E-state index in [4.69, 9.17) is 9.47 Å². The lowest BCUT2D eigenvalue weighted by Gasteiger charge is -2.03. The summed E-state index contributed by atoms with van der Waals surface area (Å²) in [6.07, 6.45) is 1.55. The number of nitrogens with zero attached hydrogens (tertiary/aromatic N) is 2. The van der Waals surface area contributed by atoms with Gasteiger partial charge >= 0.3 is 0 Å². The number of thiazole rings is 1. The van der Waals surface area contributed by atoms with Crippen LogP contribution in [0.25, 0.3) is 10.2 Å². The molecule has 0 saturated heterocycles. The van der Waals surface area contributed by atoms with Gasteiger partial charge in [0.2, 0.25) is 12.7 Å². The molecule has 0 unspecified atom stereocenters. The number of carbonyl (C=O) groups excluding carboxylic acids is 1. The zero-order valence-corrected chi connectivity index (χ0v) is 17.7. The van der Waals surface area contributed by atoms with Gasteiger partial charge in [-0.05, 0) is 5.56 Å². The van der Waals surface area contributed by atoms with Gasteiger partial charge in [0.1, 0.15) is 0 Å². The Kier molecular flexibility index (Phi) is 5.74. The van der Waals surface area contributed by atoms with Gasteiger partial charge in [0.05, 0.1) is 21.7 Å². The van der Waals surface area contributed by atoms with E-state index in [9.17, 15) is 13.2 Å². The molecule has 1 aliphatic heterocycles. The number of rotatable bonds is 7. The average Bonchev–Trinajstić information content (AvgIpc) is 3.30. The van der Waals surface area contributed by atoms with E-state index in [2.05, 4.69) is 11.6 Å². The van der Waals surface area contributed by atoms with Gasteiger partial charge in [-0.15, -0.1) is 6.58 Å². The second-order valence-electron chi connectivity index (χ2n) is 6.79. The summed E-state index contributed by atoms with van der Waals surface area (Å²) in [6, 6.07) is 12.6. The average molecular weight is 445 g/mol. The van der Waals surface area contributed by atoms with Crippen molar-refractivity contribution < 1.29 is 22.7 Å². The zero-order valence-electron chi connectivity index (χ0n) is 16.1. The molecule has 2 heterocycles. The minimum absolute atomic E-state index is 0.0912. The Balaban J connectivity index is 1.55. The Morgan fingerprint density at radius 1 is 1.20 bits per heavy atom. The van der Waals surface area contributed by atoms with E-state index in [1.165, 1.54) is 11.3 Å². The van der Waals surface area contributed by atoms with E-state index >= 15 is 0 Å². The van der Waals surface area contributed by atoms with E-state index in [0.29, 0.717) is 28.4 Å². The van der Waals surface area contributed by atoms with Crippen molar-refractivity contribution in [3.8, 4) is 11.5 Å². The van der Waals surface area contributed by atoms with E-state index < -0.39 is 15.7 Å². The zero-order chi connectivity index (χ0) is 21.1. The molecule has 4 rings (SSSR count). The molecular weight excluding hydrogens is 424 g/mol. The second kappa shape index (κ2) is 8.45. The molecule has 1 aliphatic rings. The molecule has 156 valence electrons. The van der Waals surface area contributed by atoms with E-state index in [1.807, 2.05) is 22.8 Å². The van der Waals surface area contributed by atoms with Gasteiger partial charge in [-0.25, -0.2) is 8.42 Å². The first-order valence-corrected chi connectivity index (χ1v) is 11.9. The lowest BCUT2D eigenvalue weighted by atomic mass is 10.2. The summed E-state index contributed by atoms with van der Waals surface area (Å²) >= 11 is 1.34. The number of sulfone groups is 1. The maximum Gasteiger partial charge on any atom is 0.249 e. The minimum Gasteiger partial charge on any atom is -0.454 e. The number of benzene rings is 2. The van der Waals surface area contributed by atoms with Gasteiger partial charge in [0.25, 0.3) is 0 Å². The van der Waals surface area contributed by atoms with Gasteiger partial charge in [-0.1, -0.05) is 47.7 Å². The Hall–Kier alpha value is -2.91. The number of amides is 1. The maximum absolute atomic E-state index is 12.4. The molecule has 0 N–H and O–H groups in total. The molecule has 2 aromatic carbocycles. The number of allylic oxidation sites excluding steroid dienone is 1. The van der Waals surface area contributed by atoms with Crippen molar-refractivity contribution in [2.45, 2.75) is 18.7 Å². The van der Waals surface area contributed by atoms with E-state index in [1.54, 1.807) is 30.3 Å². The second-order valence-corrected chi connectivity index (χ2v) is 9.98. The quantitative estimate of drug-likeness (QED) is 0.523. The molecular formula is C21H20N2O5S2. The molecule has 0 saturated carbocycles. The van der Waals surface area contributed by atoms with Crippen molar-refractivity contribution in [3.05, 3.63) is 65.5 Å². The van der Waals surface area contributed by atoms with Gasteiger partial charge < -0.3 is 14.0 Å². The molecule has 0 aliphatic carbocycles. The lowest BCUT2D eigenvalue weighted by molar-refractivity contribution is -0.117. The molecule has 7 nitrogen and oxygen atoms in total. The Morgan fingerprint density at radius 3 is 2.67 bits per heavy atom. The summed E-state index contributed by atoms with van der Waals surface area (Å²) in [5, 5.41) is 0. The summed E-state index contributed by atoms with van der Waals surface area (Å²) in [7, 11) is -3.41. The van der Waals surface area contributed by atoms with Crippen LogP contribution < -0.4 is 14.3 Å². The first kappa shape index (κ1) is 20.4. The lowest BCUT2D eigenvalue weighted by Crippen LogP contribution is -2.18. The van der Waals surface area contributed by atoms with Crippen LogP contribution in [0.4, 0.5) is 0 Å². The molecule has 30 heavy (non-hydrogen) atoms. The highest BCUT2D eigenvalue weighted by molar-refractivity contribution is 7.90. The molecule has 1 amide bonds. The highest BCUT2D eigenvalue weighted by Gasteiger charge is 2.18. The van der Waals surface area contributed by atoms with Crippen molar-refractivity contribution in [2.75, 3.05) is 12.5 Å². The van der Waals surface area contributed by atoms with Crippen molar-refractivity contribution in [1.29, 1.82) is 0 Å². The molecule has 1 aromatic heterocycles. The Labute approximate surface area is 177 Å². The van der Waals surface area contributed by atoms with Crippen LogP contribution in [0.3, 0.4) is 0 Å². The van der Waals surface area contributed by atoms with Crippen molar-refractivity contribution in [3.63, 3.8) is 0 Å². The summed E-state index contributed by atoms with van der Waals surface area (Å²) in [6.45, 7) is 4.40. The first-order valence-electron chi connectivity index (χ1n) is 9.31. The summed E-state index contributed by atoms with van der Waals surface area (Å²) in [5.74, 6) is 0.483. The third-order valence-corrected chi connectivity index (χ3v) is 7.21. The molecule has 0 bridgehead atoms. The molecule has 0 radical (unpaired) electrons. The van der Waals surface area contributed by atoms with Crippen LogP contribution in [-0.2, 0) is 26.9 Å². The van der Waals surface area contributed by atoms with Crippen LogP contribution in [-0.4, -0.2) is 31.4 Å². The molecule has 9 heteroatoms. The number of carbonyl (C=O) groups is 1. The Morgan fingerprint density at radius 2 is 1.93 bits per heavy atom. The largest absolute Gasteiger partial charge is 0.454 e. The smallest absolute Gasteiger partial charge is 0.249 e. The predicted octanol–water partition coefficient (Wildman–Crippen LogP) is 3.05. The molecule has 0 fully saturated rings. The standard InChI is InChI=1S/C21H20N2O5S2/c1-2-9-23-16-11-17-18(28-14-27-17)12-19(16)29-21(23)22-20(24)8-10-30(25,26)13-15-6-4-3-5-7-15/h2-7,11-12H,1,8-10,13-14H2. The number of hydrogen-bond donors (Lipinski definition) is 0. The van der Waals surface area contributed by atoms with Gasteiger partial charge in [-0.3, -0.25) is 4.79 Å². The monoisotopic (exact) mass is 444 g/mol. The van der Waals surface area contributed by atoms with Crippen molar-refractivity contribution >= 4 is 37.3 Å². The number of aromatic nitrogens is 1. The van der Waals surface area contributed by atoms with Crippen molar-refractivity contribution in [1.82, 2.24) is 4.57 Å². The van der Waals surface area contributed by atoms with Crippen LogP contribution in [0.2, 0.25) is 0 Å². The van der Waals surface area contributed by atoms with E-state index in [0.717, 1.165) is 10.2 Å². The first-order chi connectivity index (χ1) is 14.4. The van der Waals surface area contributed by atoms with Crippen LogP contribution in [0.5, 0.6) is 11.5 Å². The normalized spacial score (nSPS) is 13.7. The van der Waals surface area contributed by atoms with Gasteiger partial charge in [0, 0.05) is 25.1 Å². The SMILES string of the molecule is C=CCn1c(=NC(=O)CCS(=O)(=O)Cc2ccccc2)sc2cc3c(cc21)OCO3. The molecule has 3 aromatic rings. The van der Waals surface area contributed by atoms with Crippen LogP contribution in [0.15, 0.2) is 60.1 Å². The third-order valence-electron chi connectivity index (χ3n) is 4.57. The van der Waals surface area contributed by atoms with Crippen LogP contribution >= 0.6 is 11.3 Å². The van der Waals surface area contributed by atoms with Crippen LogP contribution in [0, 0.1) is 0 Å². The fraction of sp³-hybridized carbons (Fsp3) is 0.238. The summed E-state index contributed by atoms with van der Waals surface area (Å²) in [5.41, 5.74) is 1.56. The highest BCUT2D eigenvalue weighted by Crippen LogP contribution is 2.36. The Bertz CT molecular complexity index is 1270. The predicted molar refractivity (Wildman–Crippen MR) is 115 cm³/mol. The number of hydrogen-bond acceptors (Lipinski definition) is 6. The topological polar surface area (TPSA) is 87.0 Å². The van der Waals surface area contributed by atoms with Gasteiger partial charge in [0.15, 0.2) is 26.1 Å². The highest BCUT2D eigenvalue weighted by atomic mass is 32.2.